The molecular formula is C22H22FN3O. The molecule has 1 amide bonds. The number of hydrogen-bond donors (Lipinski definition) is 1. The number of nitrogens with zero attached hydrogens (tertiary/aromatic N) is 2. The number of aromatic nitrogens is 1. The first-order valence-corrected chi connectivity index (χ1v) is 9.25. The third-order valence-electron chi connectivity index (χ3n) is 5.33. The molecule has 1 aromatic heterocycles. The first kappa shape index (κ1) is 17.6. The van der Waals surface area contributed by atoms with Crippen LogP contribution in [0.4, 0.5) is 10.1 Å². The number of nitrogens with one attached hydrogen (secondary N) is 1. The van der Waals surface area contributed by atoms with Crippen LogP contribution >= 0.6 is 0 Å². The highest BCUT2D eigenvalue weighted by Gasteiger charge is 2.19. The minimum atomic E-state index is -0.349. The lowest BCUT2D eigenvalue weighted by molar-refractivity contribution is 0.102. The van der Waals surface area contributed by atoms with Crippen LogP contribution in [0.25, 0.3) is 10.9 Å². The highest BCUT2D eigenvalue weighted by atomic mass is 19.1. The van der Waals surface area contributed by atoms with E-state index in [1.165, 1.54) is 11.6 Å². The molecule has 0 aliphatic carbocycles. The molecular weight excluding hydrogens is 341 g/mol. The predicted octanol–water partition coefficient (Wildman–Crippen LogP) is 4.44. The van der Waals surface area contributed by atoms with Gasteiger partial charge in [0.1, 0.15) is 5.82 Å². The van der Waals surface area contributed by atoms with Crippen molar-refractivity contribution in [3.8, 4) is 0 Å². The maximum absolute atomic E-state index is 13.9. The lowest BCUT2D eigenvalue weighted by Crippen LogP contribution is -2.29. The number of fused-ring (bicyclic) bond motifs is 1. The lowest BCUT2D eigenvalue weighted by atomic mass is 9.89. The normalized spacial score (nSPS) is 15.8. The highest BCUT2D eigenvalue weighted by molar-refractivity contribution is 6.08. The van der Waals surface area contributed by atoms with Crippen LogP contribution in [0.15, 0.2) is 54.7 Å². The second kappa shape index (κ2) is 7.45. The topological polar surface area (TPSA) is 45.2 Å². The molecule has 0 atom stereocenters. The Balaban J connectivity index is 1.51. The van der Waals surface area contributed by atoms with E-state index in [-0.39, 0.29) is 11.7 Å². The summed E-state index contributed by atoms with van der Waals surface area (Å²) in [5.74, 6) is -0.00868. The quantitative estimate of drug-likeness (QED) is 0.748. The summed E-state index contributed by atoms with van der Waals surface area (Å²) in [5, 5.41) is 3.25. The summed E-state index contributed by atoms with van der Waals surface area (Å²) in [4.78, 5) is 19.2. The summed E-state index contributed by atoms with van der Waals surface area (Å²) < 4.78 is 13.9. The van der Waals surface area contributed by atoms with Crippen LogP contribution in [-0.2, 0) is 0 Å². The van der Waals surface area contributed by atoms with Gasteiger partial charge in [0.2, 0.25) is 0 Å². The molecule has 1 aliphatic rings. The van der Waals surface area contributed by atoms with E-state index in [1.807, 2.05) is 24.3 Å². The molecule has 4 nitrogen and oxygen atoms in total. The van der Waals surface area contributed by atoms with Crippen molar-refractivity contribution in [1.29, 1.82) is 0 Å². The highest BCUT2D eigenvalue weighted by Crippen LogP contribution is 2.28. The van der Waals surface area contributed by atoms with Crippen molar-refractivity contribution in [1.82, 2.24) is 9.88 Å². The number of likely N-dealkylation sites (tertiary alicyclic amines) is 1. The first-order valence-electron chi connectivity index (χ1n) is 9.25. The van der Waals surface area contributed by atoms with Crippen LogP contribution in [0.3, 0.4) is 0 Å². The average molecular weight is 363 g/mol. The van der Waals surface area contributed by atoms with Crippen molar-refractivity contribution < 1.29 is 9.18 Å². The Labute approximate surface area is 158 Å². The van der Waals surface area contributed by atoms with E-state index in [0.717, 1.165) is 25.9 Å². The molecule has 0 radical (unpaired) electrons. The maximum Gasteiger partial charge on any atom is 0.255 e. The number of carbonyl (C=O) groups is 1. The molecule has 1 aliphatic heterocycles. The molecule has 3 aromatic rings. The van der Waals surface area contributed by atoms with Gasteiger partial charge in [-0.1, -0.05) is 12.1 Å². The molecule has 2 aromatic carbocycles. The Kier molecular flexibility index (Phi) is 4.86. The Hall–Kier alpha value is -2.79. The summed E-state index contributed by atoms with van der Waals surface area (Å²) >= 11 is 0. The average Bonchev–Trinajstić information content (AvgIpc) is 2.71. The molecule has 1 fully saturated rings. The summed E-state index contributed by atoms with van der Waals surface area (Å²) in [6.07, 6.45) is 3.89. The predicted molar refractivity (Wildman–Crippen MR) is 106 cm³/mol. The smallest absolute Gasteiger partial charge is 0.255 e. The van der Waals surface area contributed by atoms with Gasteiger partial charge in [0, 0.05) is 17.1 Å². The molecule has 2 heterocycles. The van der Waals surface area contributed by atoms with Gasteiger partial charge < -0.3 is 10.2 Å². The standard InChI is InChI=1S/C22H22FN3O/c1-26-13-10-16(11-14-26)15-4-6-17(7-5-15)22(27)25-20-9-8-19(23)18-3-2-12-24-21(18)20/h2-9,12,16H,10-11,13-14H2,1H3,(H,25,27). The molecule has 27 heavy (non-hydrogen) atoms. The minimum Gasteiger partial charge on any atom is -0.320 e. The zero-order valence-corrected chi connectivity index (χ0v) is 15.3. The number of rotatable bonds is 3. The largest absolute Gasteiger partial charge is 0.320 e. The fourth-order valence-corrected chi connectivity index (χ4v) is 3.68. The van der Waals surface area contributed by atoms with Crippen molar-refractivity contribution in [2.75, 3.05) is 25.5 Å². The van der Waals surface area contributed by atoms with Crippen LogP contribution in [0.1, 0.15) is 34.7 Å². The molecule has 0 saturated carbocycles. The molecule has 138 valence electrons. The van der Waals surface area contributed by atoms with E-state index in [4.69, 9.17) is 0 Å². The van der Waals surface area contributed by atoms with Crippen molar-refractivity contribution in [2.45, 2.75) is 18.8 Å². The summed E-state index contributed by atoms with van der Waals surface area (Å²) in [5.41, 5.74) is 2.83. The molecule has 1 N–H and O–H groups in total. The van der Waals surface area contributed by atoms with Gasteiger partial charge in [-0.3, -0.25) is 9.78 Å². The van der Waals surface area contributed by atoms with E-state index in [9.17, 15) is 9.18 Å². The molecule has 0 unspecified atom stereocenters. The molecule has 0 spiro atoms. The Morgan fingerprint density at radius 3 is 2.59 bits per heavy atom. The van der Waals surface area contributed by atoms with E-state index in [2.05, 4.69) is 22.2 Å². The van der Waals surface area contributed by atoms with E-state index >= 15 is 0 Å². The Morgan fingerprint density at radius 2 is 1.85 bits per heavy atom. The SMILES string of the molecule is CN1CCC(c2ccc(C(=O)Nc3ccc(F)c4cccnc34)cc2)CC1. The van der Waals surface area contributed by atoms with Gasteiger partial charge in [-0.25, -0.2) is 4.39 Å². The van der Waals surface area contributed by atoms with Crippen LogP contribution in [0.2, 0.25) is 0 Å². The number of benzene rings is 2. The van der Waals surface area contributed by atoms with Crippen LogP contribution in [0, 0.1) is 5.82 Å². The second-order valence-electron chi connectivity index (χ2n) is 7.15. The summed E-state index contributed by atoms with van der Waals surface area (Å²) in [6, 6.07) is 14.1. The van der Waals surface area contributed by atoms with Gasteiger partial charge in [0.25, 0.3) is 5.91 Å². The first-order chi connectivity index (χ1) is 13.1. The van der Waals surface area contributed by atoms with Crippen molar-refractivity contribution in [2.24, 2.45) is 0 Å². The fourth-order valence-electron chi connectivity index (χ4n) is 3.68. The number of hydrogen-bond acceptors (Lipinski definition) is 3. The van der Waals surface area contributed by atoms with Gasteiger partial charge in [0.15, 0.2) is 0 Å². The Morgan fingerprint density at radius 1 is 1.11 bits per heavy atom. The summed E-state index contributed by atoms with van der Waals surface area (Å²) in [6.45, 7) is 2.22. The number of piperidine rings is 1. The molecule has 1 saturated heterocycles. The van der Waals surface area contributed by atoms with Gasteiger partial charge in [0.05, 0.1) is 11.2 Å². The van der Waals surface area contributed by atoms with Crippen LogP contribution < -0.4 is 5.32 Å². The van der Waals surface area contributed by atoms with E-state index < -0.39 is 0 Å². The number of halogens is 1. The zero-order chi connectivity index (χ0) is 18.8. The third kappa shape index (κ3) is 3.69. The number of amides is 1. The van der Waals surface area contributed by atoms with Gasteiger partial charge >= 0.3 is 0 Å². The molecule has 0 bridgehead atoms. The van der Waals surface area contributed by atoms with Crippen molar-refractivity contribution in [3.63, 3.8) is 0 Å². The zero-order valence-electron chi connectivity index (χ0n) is 15.3. The van der Waals surface area contributed by atoms with Crippen molar-refractivity contribution in [3.05, 3.63) is 71.7 Å². The maximum atomic E-state index is 13.9. The number of carbonyl (C=O) groups excluding carboxylic acids is 1. The third-order valence-corrected chi connectivity index (χ3v) is 5.33. The molecule has 4 rings (SSSR count). The van der Waals surface area contributed by atoms with Gasteiger partial charge in [-0.15, -0.1) is 0 Å². The lowest BCUT2D eigenvalue weighted by Gasteiger charge is -2.29. The summed E-state index contributed by atoms with van der Waals surface area (Å²) in [7, 11) is 2.15. The van der Waals surface area contributed by atoms with E-state index in [1.54, 1.807) is 24.4 Å². The minimum absolute atomic E-state index is 0.219. The van der Waals surface area contributed by atoms with Crippen LogP contribution in [0.5, 0.6) is 0 Å². The monoisotopic (exact) mass is 363 g/mol. The van der Waals surface area contributed by atoms with Gasteiger partial charge in [-0.05, 0) is 80.9 Å². The fraction of sp³-hybridized carbons (Fsp3) is 0.273. The van der Waals surface area contributed by atoms with Crippen molar-refractivity contribution >= 4 is 22.5 Å². The second-order valence-corrected chi connectivity index (χ2v) is 7.15. The Bertz CT molecular complexity index is 963. The number of anilines is 1. The van der Waals surface area contributed by atoms with Crippen LogP contribution in [-0.4, -0.2) is 35.9 Å². The number of pyridine rings is 1. The van der Waals surface area contributed by atoms with Gasteiger partial charge in [-0.2, -0.15) is 0 Å². The van der Waals surface area contributed by atoms with E-state index in [0.29, 0.717) is 28.1 Å². The molecule has 5 heteroatoms.